The summed E-state index contributed by atoms with van der Waals surface area (Å²) < 4.78 is 11.0. The van der Waals surface area contributed by atoms with Gasteiger partial charge in [-0.05, 0) is 42.7 Å². The van der Waals surface area contributed by atoms with Crippen molar-refractivity contribution >= 4 is 17.4 Å². The SMILES string of the molecule is CCCOc1ccc(/C(O)=C2\C(=O)C(=O)N(CCCN3CCOCC3)[C@@H]2c2ccccc2)cc1. The largest absolute Gasteiger partial charge is 0.507 e. The first-order chi connectivity index (χ1) is 16.6. The van der Waals surface area contributed by atoms with E-state index in [1.807, 2.05) is 37.3 Å². The van der Waals surface area contributed by atoms with E-state index in [0.29, 0.717) is 24.5 Å². The fraction of sp³-hybridized carbons (Fsp3) is 0.407. The zero-order chi connectivity index (χ0) is 23.9. The summed E-state index contributed by atoms with van der Waals surface area (Å²) >= 11 is 0. The van der Waals surface area contributed by atoms with E-state index in [2.05, 4.69) is 4.90 Å². The first kappa shape index (κ1) is 24.0. The Bertz CT molecular complexity index is 1010. The zero-order valence-electron chi connectivity index (χ0n) is 19.6. The number of carbonyl (C=O) groups is 2. The maximum atomic E-state index is 13.1. The van der Waals surface area contributed by atoms with Crippen molar-refractivity contribution in [3.63, 3.8) is 0 Å². The Morgan fingerprint density at radius 1 is 1.03 bits per heavy atom. The Kier molecular flexibility index (Phi) is 7.98. The van der Waals surface area contributed by atoms with E-state index in [4.69, 9.17) is 9.47 Å². The van der Waals surface area contributed by atoms with Gasteiger partial charge in [-0.1, -0.05) is 37.3 Å². The van der Waals surface area contributed by atoms with Gasteiger partial charge in [0.05, 0.1) is 31.4 Å². The van der Waals surface area contributed by atoms with Crippen molar-refractivity contribution < 1.29 is 24.2 Å². The Labute approximate surface area is 200 Å². The lowest BCUT2D eigenvalue weighted by Crippen LogP contribution is -2.38. The molecule has 0 spiro atoms. The van der Waals surface area contributed by atoms with E-state index in [1.165, 1.54) is 0 Å². The lowest BCUT2D eigenvalue weighted by molar-refractivity contribution is -0.140. The van der Waals surface area contributed by atoms with Crippen molar-refractivity contribution in [1.82, 2.24) is 9.80 Å². The molecule has 2 fully saturated rings. The highest BCUT2D eigenvalue weighted by Crippen LogP contribution is 2.39. The third kappa shape index (κ3) is 5.32. The Morgan fingerprint density at radius 2 is 1.74 bits per heavy atom. The number of amides is 1. The summed E-state index contributed by atoms with van der Waals surface area (Å²) in [5.41, 5.74) is 1.42. The number of ketones is 1. The van der Waals surface area contributed by atoms with Crippen molar-refractivity contribution in [1.29, 1.82) is 0 Å². The van der Waals surface area contributed by atoms with Gasteiger partial charge in [0.25, 0.3) is 11.7 Å². The lowest BCUT2D eigenvalue weighted by Gasteiger charge is -2.29. The number of nitrogens with zero attached hydrogens (tertiary/aromatic N) is 2. The Morgan fingerprint density at radius 3 is 2.41 bits per heavy atom. The summed E-state index contributed by atoms with van der Waals surface area (Å²) in [6.07, 6.45) is 1.63. The standard InChI is InChI=1S/C27H32N2O5/c1-2-17-34-22-11-9-21(10-12-22)25(30)23-24(20-7-4-3-5-8-20)29(27(32)26(23)31)14-6-13-28-15-18-33-19-16-28/h3-5,7-12,24,30H,2,6,13-19H2,1H3/b25-23+/t24-/m1/s1. The van der Waals surface area contributed by atoms with E-state index >= 15 is 0 Å². The molecule has 0 saturated carbocycles. The van der Waals surface area contributed by atoms with E-state index in [1.54, 1.807) is 29.2 Å². The quantitative estimate of drug-likeness (QED) is 0.347. The van der Waals surface area contributed by atoms with Crippen molar-refractivity contribution in [3.05, 3.63) is 71.3 Å². The molecular weight excluding hydrogens is 432 g/mol. The van der Waals surface area contributed by atoms with Gasteiger partial charge >= 0.3 is 0 Å². The second kappa shape index (κ2) is 11.3. The number of hydrogen-bond acceptors (Lipinski definition) is 6. The van der Waals surface area contributed by atoms with Crippen LogP contribution >= 0.6 is 0 Å². The van der Waals surface area contributed by atoms with E-state index in [-0.39, 0.29) is 11.3 Å². The number of aliphatic hydroxyl groups excluding tert-OH is 1. The fourth-order valence-electron chi connectivity index (χ4n) is 4.47. The van der Waals surface area contributed by atoms with Gasteiger partial charge in [0, 0.05) is 31.7 Å². The molecule has 180 valence electrons. The molecule has 0 unspecified atom stereocenters. The van der Waals surface area contributed by atoms with Crippen molar-refractivity contribution in [3.8, 4) is 5.75 Å². The first-order valence-corrected chi connectivity index (χ1v) is 12.0. The molecule has 1 N–H and O–H groups in total. The van der Waals surface area contributed by atoms with E-state index in [9.17, 15) is 14.7 Å². The maximum Gasteiger partial charge on any atom is 0.295 e. The summed E-state index contributed by atoms with van der Waals surface area (Å²) in [7, 11) is 0. The first-order valence-electron chi connectivity index (χ1n) is 12.0. The molecule has 2 saturated heterocycles. The number of Topliss-reactive ketones (excluding diaryl/α,β-unsaturated/α-hetero) is 1. The molecule has 2 aromatic rings. The highest BCUT2D eigenvalue weighted by molar-refractivity contribution is 6.46. The van der Waals surface area contributed by atoms with Crippen LogP contribution in [-0.4, -0.2) is 72.6 Å². The number of benzene rings is 2. The number of rotatable bonds is 9. The molecular formula is C27H32N2O5. The number of ether oxygens (including phenoxy) is 2. The van der Waals surface area contributed by atoms with Gasteiger partial charge in [-0.15, -0.1) is 0 Å². The van der Waals surface area contributed by atoms with E-state index in [0.717, 1.165) is 51.3 Å². The number of morpholine rings is 1. The fourth-order valence-corrected chi connectivity index (χ4v) is 4.47. The number of hydrogen-bond donors (Lipinski definition) is 1. The third-order valence-corrected chi connectivity index (χ3v) is 6.23. The van der Waals surface area contributed by atoms with Crippen LogP contribution < -0.4 is 4.74 Å². The van der Waals surface area contributed by atoms with Gasteiger partial charge in [0.1, 0.15) is 11.5 Å². The molecule has 0 aliphatic carbocycles. The summed E-state index contributed by atoms with van der Waals surface area (Å²) in [5.74, 6) is -0.684. The molecule has 0 aromatic heterocycles. The van der Waals surface area contributed by atoms with Gasteiger partial charge in [-0.2, -0.15) is 0 Å². The molecule has 4 rings (SSSR count). The van der Waals surface area contributed by atoms with Gasteiger partial charge < -0.3 is 19.5 Å². The van der Waals surface area contributed by atoms with Crippen molar-refractivity contribution in [2.75, 3.05) is 46.0 Å². The smallest absolute Gasteiger partial charge is 0.295 e. The average molecular weight is 465 g/mol. The van der Waals surface area contributed by atoms with Gasteiger partial charge in [0.15, 0.2) is 0 Å². The summed E-state index contributed by atoms with van der Waals surface area (Å²) in [6, 6.07) is 15.8. The number of aliphatic hydroxyl groups is 1. The molecule has 0 radical (unpaired) electrons. The second-order valence-electron chi connectivity index (χ2n) is 8.58. The summed E-state index contributed by atoms with van der Waals surface area (Å²) in [6.45, 7) is 7.08. The second-order valence-corrected chi connectivity index (χ2v) is 8.58. The van der Waals surface area contributed by atoms with Gasteiger partial charge in [0.2, 0.25) is 0 Å². The van der Waals surface area contributed by atoms with Crippen LogP contribution in [0.3, 0.4) is 0 Å². The molecule has 2 heterocycles. The molecule has 2 aromatic carbocycles. The minimum Gasteiger partial charge on any atom is -0.507 e. The predicted octanol–water partition coefficient (Wildman–Crippen LogP) is 3.62. The maximum absolute atomic E-state index is 13.1. The minimum absolute atomic E-state index is 0.129. The summed E-state index contributed by atoms with van der Waals surface area (Å²) in [5, 5.41) is 11.2. The zero-order valence-corrected chi connectivity index (χ0v) is 19.6. The number of carbonyl (C=O) groups excluding carboxylic acids is 2. The molecule has 0 bridgehead atoms. The Balaban J connectivity index is 1.61. The predicted molar refractivity (Wildman–Crippen MR) is 130 cm³/mol. The highest BCUT2D eigenvalue weighted by atomic mass is 16.5. The van der Waals surface area contributed by atoms with Crippen LogP contribution in [0.2, 0.25) is 0 Å². The highest BCUT2D eigenvalue weighted by Gasteiger charge is 2.45. The lowest BCUT2D eigenvalue weighted by atomic mass is 9.95. The van der Waals surface area contributed by atoms with E-state index < -0.39 is 17.7 Å². The van der Waals surface area contributed by atoms with Crippen LogP contribution in [0.1, 0.15) is 36.9 Å². The van der Waals surface area contributed by atoms with Crippen molar-refractivity contribution in [2.45, 2.75) is 25.8 Å². The van der Waals surface area contributed by atoms with Crippen LogP contribution in [-0.2, 0) is 14.3 Å². The van der Waals surface area contributed by atoms with Crippen LogP contribution in [0.5, 0.6) is 5.75 Å². The van der Waals surface area contributed by atoms with Gasteiger partial charge in [-0.25, -0.2) is 0 Å². The third-order valence-electron chi connectivity index (χ3n) is 6.23. The monoisotopic (exact) mass is 464 g/mol. The molecule has 1 amide bonds. The van der Waals surface area contributed by atoms with Crippen LogP contribution in [0.25, 0.3) is 5.76 Å². The Hall–Kier alpha value is -3.16. The normalized spacial score (nSPS) is 20.6. The van der Waals surface area contributed by atoms with Crippen LogP contribution in [0.15, 0.2) is 60.2 Å². The molecule has 2 aliphatic heterocycles. The summed E-state index contributed by atoms with van der Waals surface area (Å²) in [4.78, 5) is 30.1. The molecule has 7 nitrogen and oxygen atoms in total. The van der Waals surface area contributed by atoms with Crippen LogP contribution in [0, 0.1) is 0 Å². The molecule has 1 atom stereocenters. The molecule has 2 aliphatic rings. The molecule has 34 heavy (non-hydrogen) atoms. The van der Waals surface area contributed by atoms with Gasteiger partial charge in [-0.3, -0.25) is 14.5 Å². The topological polar surface area (TPSA) is 79.3 Å². The molecule has 7 heteroatoms. The van der Waals surface area contributed by atoms with Crippen molar-refractivity contribution in [2.24, 2.45) is 0 Å². The number of likely N-dealkylation sites (tertiary alicyclic amines) is 1. The van der Waals surface area contributed by atoms with Crippen LogP contribution in [0.4, 0.5) is 0 Å². The average Bonchev–Trinajstić information content (AvgIpc) is 3.13. The minimum atomic E-state index is -0.649.